The van der Waals surface area contributed by atoms with Gasteiger partial charge in [0.05, 0.1) is 13.2 Å². The van der Waals surface area contributed by atoms with Gasteiger partial charge >= 0.3 is 19.5 Å². The first kappa shape index (κ1) is 17.8. The third-order valence-electron chi connectivity index (χ3n) is 4.15. The van der Waals surface area contributed by atoms with Gasteiger partial charge in [-0.3, -0.25) is 0 Å². The monoisotopic (exact) mass is 338 g/mol. The standard InChI is InChI=1S/C14H23ClO3.Zn/c1-10-6-14(7-11(10)5-12(15)16-4)8-17-13(2,3)18-9-14;/h10-11H,1,5-9H2,2-4H3;/q-2;+2/t10-,11-;/m0./s1. The molecule has 0 unspecified atom stereocenters. The van der Waals surface area contributed by atoms with E-state index in [9.17, 15) is 0 Å². The number of methoxy groups -OCH3 is 1. The Bertz CT molecular complexity index is 288. The maximum Gasteiger partial charge on any atom is 2.00 e. The average molecular weight is 340 g/mol. The molecule has 1 saturated heterocycles. The Morgan fingerprint density at radius 2 is 1.89 bits per heavy atom. The smallest absolute Gasteiger partial charge is 0.536 e. The Morgan fingerprint density at radius 3 is 2.42 bits per heavy atom. The van der Waals surface area contributed by atoms with Crippen LogP contribution in [-0.2, 0) is 33.7 Å². The molecule has 1 saturated carbocycles. The van der Waals surface area contributed by atoms with E-state index in [1.807, 2.05) is 13.8 Å². The number of ether oxygens (including phenoxy) is 3. The predicted molar refractivity (Wildman–Crippen MR) is 70.7 cm³/mol. The molecule has 1 spiro atoms. The molecule has 3 nitrogen and oxygen atoms in total. The molecular weight excluding hydrogens is 317 g/mol. The molecular formula is C14H23ClO3Zn. The van der Waals surface area contributed by atoms with Crippen LogP contribution in [0.1, 0.15) is 33.1 Å². The van der Waals surface area contributed by atoms with E-state index in [0.29, 0.717) is 17.4 Å². The van der Waals surface area contributed by atoms with Gasteiger partial charge in [0, 0.05) is 12.5 Å². The van der Waals surface area contributed by atoms with E-state index in [2.05, 4.69) is 6.92 Å². The molecule has 0 aromatic carbocycles. The summed E-state index contributed by atoms with van der Waals surface area (Å²) in [6, 6.07) is 0. The third-order valence-corrected chi connectivity index (χ3v) is 4.46. The van der Waals surface area contributed by atoms with Crippen molar-refractivity contribution in [3.8, 4) is 0 Å². The molecule has 1 aliphatic carbocycles. The first-order valence-electron chi connectivity index (χ1n) is 6.52. The zero-order valence-corrected chi connectivity index (χ0v) is 15.9. The molecule has 0 aromatic rings. The number of hydrogen-bond donors (Lipinski definition) is 0. The summed E-state index contributed by atoms with van der Waals surface area (Å²) in [6.07, 6.45) is 2.87. The van der Waals surface area contributed by atoms with Crippen LogP contribution in [0.4, 0.5) is 0 Å². The topological polar surface area (TPSA) is 27.7 Å². The molecule has 2 atom stereocenters. The molecule has 2 aliphatic rings. The molecule has 0 bridgehead atoms. The largest absolute Gasteiger partial charge is 2.00 e. The van der Waals surface area contributed by atoms with Crippen molar-refractivity contribution in [1.29, 1.82) is 0 Å². The number of halogens is 1. The Kier molecular flexibility index (Phi) is 6.30. The molecule has 106 valence electrons. The van der Waals surface area contributed by atoms with Crippen molar-refractivity contribution in [3.05, 3.63) is 12.5 Å². The minimum atomic E-state index is -0.448. The molecule has 0 aromatic heterocycles. The van der Waals surface area contributed by atoms with Gasteiger partial charge in [0.2, 0.25) is 0 Å². The van der Waals surface area contributed by atoms with Crippen molar-refractivity contribution < 1.29 is 33.7 Å². The Hall–Kier alpha value is 0.793. The molecule has 2 fully saturated rings. The minimum Gasteiger partial charge on any atom is -0.536 e. The molecule has 0 radical (unpaired) electrons. The maximum absolute atomic E-state index is 5.99. The van der Waals surface area contributed by atoms with Crippen LogP contribution in [0.25, 0.3) is 0 Å². The van der Waals surface area contributed by atoms with Gasteiger partial charge in [0.25, 0.3) is 0 Å². The molecule has 0 N–H and O–H groups in total. The summed E-state index contributed by atoms with van der Waals surface area (Å²) in [5.74, 6) is 0.407. The second kappa shape index (κ2) is 6.70. The van der Waals surface area contributed by atoms with E-state index in [1.165, 1.54) is 0 Å². The maximum atomic E-state index is 5.99. The number of hydrogen-bond acceptors (Lipinski definition) is 3. The summed E-state index contributed by atoms with van der Waals surface area (Å²) in [4.78, 5) is 0. The average Bonchev–Trinajstić information content (AvgIpc) is 2.61. The normalized spacial score (nSPS) is 32.5. The van der Waals surface area contributed by atoms with E-state index in [4.69, 9.17) is 25.8 Å². The van der Waals surface area contributed by atoms with E-state index in [-0.39, 0.29) is 24.9 Å². The quantitative estimate of drug-likeness (QED) is 0.582. The first-order valence-corrected chi connectivity index (χ1v) is 6.90. The van der Waals surface area contributed by atoms with Crippen molar-refractivity contribution in [2.45, 2.75) is 38.9 Å². The Labute approximate surface area is 134 Å². The van der Waals surface area contributed by atoms with Crippen LogP contribution in [-0.4, -0.2) is 26.1 Å². The van der Waals surface area contributed by atoms with Gasteiger partial charge < -0.3 is 32.7 Å². The van der Waals surface area contributed by atoms with Gasteiger partial charge in [-0.1, -0.05) is 12.3 Å². The van der Waals surface area contributed by atoms with Gasteiger partial charge in [-0.15, -0.1) is 12.0 Å². The van der Waals surface area contributed by atoms with Crippen molar-refractivity contribution >= 4 is 11.6 Å². The minimum absolute atomic E-state index is 0. The van der Waals surface area contributed by atoms with Crippen molar-refractivity contribution in [3.63, 3.8) is 0 Å². The van der Waals surface area contributed by atoms with Gasteiger partial charge in [-0.2, -0.15) is 5.92 Å². The molecule has 2 rings (SSSR count). The van der Waals surface area contributed by atoms with Gasteiger partial charge in [-0.25, -0.2) is 0 Å². The summed E-state index contributed by atoms with van der Waals surface area (Å²) < 4.78 is 16.7. The second-order valence-corrected chi connectivity index (χ2v) is 6.59. The molecule has 0 amide bonds. The van der Waals surface area contributed by atoms with Crippen LogP contribution in [0.15, 0.2) is 0 Å². The van der Waals surface area contributed by atoms with Crippen LogP contribution in [0.3, 0.4) is 0 Å². The summed E-state index contributed by atoms with van der Waals surface area (Å²) in [5, 5.41) is 0. The van der Waals surface area contributed by atoms with Gasteiger partial charge in [-0.05, 0) is 20.3 Å². The Morgan fingerprint density at radius 1 is 1.32 bits per heavy atom. The van der Waals surface area contributed by atoms with E-state index in [0.717, 1.165) is 32.5 Å². The van der Waals surface area contributed by atoms with Crippen LogP contribution in [0.2, 0.25) is 0 Å². The van der Waals surface area contributed by atoms with Gasteiger partial charge in [0.15, 0.2) is 5.79 Å². The fourth-order valence-electron chi connectivity index (χ4n) is 3.03. The van der Waals surface area contributed by atoms with Crippen LogP contribution in [0.5, 0.6) is 0 Å². The third kappa shape index (κ3) is 4.38. The van der Waals surface area contributed by atoms with Crippen LogP contribution >= 0.6 is 11.6 Å². The first-order chi connectivity index (χ1) is 8.36. The zero-order valence-electron chi connectivity index (χ0n) is 12.2. The molecule has 1 aliphatic heterocycles. The van der Waals surface area contributed by atoms with Crippen molar-refractivity contribution in [2.24, 2.45) is 17.3 Å². The summed E-state index contributed by atoms with van der Waals surface area (Å²) in [5.41, 5.74) is 0.695. The van der Waals surface area contributed by atoms with Gasteiger partial charge in [0.1, 0.15) is 0 Å². The predicted octanol–water partition coefficient (Wildman–Crippen LogP) is 3.38. The van der Waals surface area contributed by atoms with E-state index >= 15 is 0 Å². The fourth-order valence-corrected chi connectivity index (χ4v) is 3.23. The van der Waals surface area contributed by atoms with Crippen LogP contribution in [0, 0.1) is 29.7 Å². The molecule has 19 heavy (non-hydrogen) atoms. The summed E-state index contributed by atoms with van der Waals surface area (Å²) >= 11 is 5.99. The fraction of sp³-hybridized carbons (Fsp3) is 0.857. The molecule has 5 heteroatoms. The summed E-state index contributed by atoms with van der Waals surface area (Å²) in [7, 11) is 1.61. The Balaban J connectivity index is 0.00000180. The zero-order chi connectivity index (χ0) is 13.4. The SMILES string of the molecule is [CH2-][C@H]1CC2(COC(C)(C)OC2)C[C@@H]1C[C-](Cl)OC.[Zn+2]. The van der Waals surface area contributed by atoms with Crippen molar-refractivity contribution in [1.82, 2.24) is 0 Å². The van der Waals surface area contributed by atoms with Crippen molar-refractivity contribution in [2.75, 3.05) is 20.3 Å². The van der Waals surface area contributed by atoms with E-state index in [1.54, 1.807) is 7.11 Å². The second-order valence-electron chi connectivity index (χ2n) is 6.17. The molecule has 1 heterocycles. The van der Waals surface area contributed by atoms with E-state index < -0.39 is 5.79 Å². The number of rotatable bonds is 3. The van der Waals surface area contributed by atoms with Crippen LogP contribution < -0.4 is 0 Å². The summed E-state index contributed by atoms with van der Waals surface area (Å²) in [6.45, 7) is 9.69.